The molecule has 0 unspecified atom stereocenters. The summed E-state index contributed by atoms with van der Waals surface area (Å²) in [5, 5.41) is 7.81. The van der Waals surface area contributed by atoms with E-state index in [9.17, 15) is 4.79 Å². The van der Waals surface area contributed by atoms with Crippen LogP contribution in [0.15, 0.2) is 66.7 Å². The van der Waals surface area contributed by atoms with E-state index in [4.69, 9.17) is 33.0 Å². The zero-order valence-corrected chi connectivity index (χ0v) is 22.8. The Hall–Kier alpha value is -3.32. The van der Waals surface area contributed by atoms with E-state index in [2.05, 4.69) is 23.6 Å². The zero-order chi connectivity index (χ0) is 26.4. The molecule has 3 aromatic carbocycles. The van der Waals surface area contributed by atoms with Crippen LogP contribution in [0.1, 0.15) is 49.2 Å². The van der Waals surface area contributed by atoms with Crippen LogP contribution in [0.25, 0.3) is 28.1 Å². The van der Waals surface area contributed by atoms with Crippen molar-refractivity contribution in [2.24, 2.45) is 0 Å². The Morgan fingerprint density at radius 2 is 1.71 bits per heavy atom. The molecule has 1 N–H and O–H groups in total. The lowest BCUT2D eigenvalue weighted by Crippen LogP contribution is -2.46. The van der Waals surface area contributed by atoms with E-state index < -0.39 is 5.60 Å². The molecule has 6 rings (SSSR count). The first-order valence-electron chi connectivity index (χ1n) is 12.9. The molecule has 1 saturated heterocycles. The van der Waals surface area contributed by atoms with Gasteiger partial charge in [0, 0.05) is 23.7 Å². The summed E-state index contributed by atoms with van der Waals surface area (Å²) in [5.74, 6) is 0.464. The van der Waals surface area contributed by atoms with Crippen LogP contribution >= 0.6 is 23.2 Å². The van der Waals surface area contributed by atoms with Gasteiger partial charge in [0.15, 0.2) is 5.69 Å². The van der Waals surface area contributed by atoms with Gasteiger partial charge in [-0.15, -0.1) is 0 Å². The molecule has 6 nitrogen and oxygen atoms in total. The van der Waals surface area contributed by atoms with Crippen LogP contribution in [0, 0.1) is 0 Å². The lowest BCUT2D eigenvalue weighted by molar-refractivity contribution is 0.0720. The second-order valence-electron chi connectivity index (χ2n) is 10.3. The van der Waals surface area contributed by atoms with E-state index in [0.29, 0.717) is 21.4 Å². The highest BCUT2D eigenvalue weighted by Gasteiger charge is 2.42. The third-order valence-corrected chi connectivity index (χ3v) is 7.70. The predicted molar refractivity (Wildman–Crippen MR) is 151 cm³/mol. The molecular formula is C30H28Cl2N4O2. The molecule has 0 spiro atoms. The number of nitrogens with zero attached hydrogens (tertiary/aromatic N) is 3. The summed E-state index contributed by atoms with van der Waals surface area (Å²) in [5.41, 5.74) is 7.69. The van der Waals surface area contributed by atoms with Gasteiger partial charge >= 0.3 is 0 Å². The topological polar surface area (TPSA) is 59.4 Å². The number of amides is 1. The Bertz CT molecular complexity index is 1530. The number of aromatic nitrogens is 2. The Morgan fingerprint density at radius 1 is 0.947 bits per heavy atom. The molecule has 0 radical (unpaired) electrons. The summed E-state index contributed by atoms with van der Waals surface area (Å²) in [6.45, 7) is 5.58. The van der Waals surface area contributed by atoms with Crippen molar-refractivity contribution in [2.75, 3.05) is 13.1 Å². The zero-order valence-electron chi connectivity index (χ0n) is 21.3. The molecule has 38 heavy (non-hydrogen) atoms. The number of hydrogen-bond acceptors (Lipinski definition) is 4. The predicted octanol–water partition coefficient (Wildman–Crippen LogP) is 7.27. The monoisotopic (exact) mass is 546 g/mol. The molecule has 0 bridgehead atoms. The van der Waals surface area contributed by atoms with Gasteiger partial charge in [0.05, 0.1) is 22.0 Å². The minimum atomic E-state index is -0.830. The van der Waals surface area contributed by atoms with Gasteiger partial charge in [-0.3, -0.25) is 10.2 Å². The fourth-order valence-corrected chi connectivity index (χ4v) is 5.85. The van der Waals surface area contributed by atoms with Gasteiger partial charge in [-0.25, -0.2) is 9.69 Å². The van der Waals surface area contributed by atoms with E-state index in [1.165, 1.54) is 6.42 Å². The van der Waals surface area contributed by atoms with E-state index in [0.717, 1.165) is 59.6 Å². The number of halogens is 2. The second kappa shape index (κ2) is 9.77. The number of ether oxygens (including phenoxy) is 1. The first-order chi connectivity index (χ1) is 18.3. The number of benzene rings is 3. The summed E-state index contributed by atoms with van der Waals surface area (Å²) in [7, 11) is 0. The molecule has 8 heteroatoms. The Kier molecular flexibility index (Phi) is 6.42. The molecule has 0 atom stereocenters. The Morgan fingerprint density at radius 3 is 2.45 bits per heavy atom. The van der Waals surface area contributed by atoms with E-state index in [1.807, 2.05) is 55.3 Å². The molecule has 1 aromatic heterocycles. The lowest BCUT2D eigenvalue weighted by Gasteiger charge is -2.34. The highest BCUT2D eigenvalue weighted by Crippen LogP contribution is 2.49. The van der Waals surface area contributed by atoms with Gasteiger partial charge in [0.2, 0.25) is 0 Å². The van der Waals surface area contributed by atoms with Gasteiger partial charge in [0.25, 0.3) is 5.91 Å². The van der Waals surface area contributed by atoms with Crippen LogP contribution in [0.2, 0.25) is 10.0 Å². The highest BCUT2D eigenvalue weighted by atomic mass is 35.5. The second-order valence-corrected chi connectivity index (χ2v) is 11.1. The fraction of sp³-hybridized carbons (Fsp3) is 0.267. The molecule has 1 fully saturated rings. The highest BCUT2D eigenvalue weighted by molar-refractivity contribution is 6.35. The number of piperidine rings is 1. The van der Waals surface area contributed by atoms with Crippen LogP contribution in [-0.4, -0.2) is 33.8 Å². The number of hydrazine groups is 1. The summed E-state index contributed by atoms with van der Waals surface area (Å²) in [6.07, 6.45) is 3.28. The van der Waals surface area contributed by atoms with E-state index >= 15 is 0 Å². The summed E-state index contributed by atoms with van der Waals surface area (Å²) in [4.78, 5) is 13.7. The molecule has 2 aliphatic rings. The maximum absolute atomic E-state index is 13.7. The Balaban J connectivity index is 1.54. The SMILES string of the molecule is CC1(C)Oc2cc(-c3ccccc3)ccc2-c2c1c(C(=O)NN1CCCCC1)nn2-c1ccc(Cl)cc1Cl. The van der Waals surface area contributed by atoms with Crippen LogP contribution in [0.3, 0.4) is 0 Å². The minimum absolute atomic E-state index is 0.256. The molecule has 194 valence electrons. The average molecular weight is 547 g/mol. The van der Waals surface area contributed by atoms with Crippen molar-refractivity contribution >= 4 is 29.1 Å². The molecule has 0 saturated carbocycles. The first kappa shape index (κ1) is 25.0. The smallest absolute Gasteiger partial charge is 0.286 e. The number of carbonyl (C=O) groups is 1. The van der Waals surface area contributed by atoms with Crippen molar-refractivity contribution in [3.63, 3.8) is 0 Å². The molecule has 2 aliphatic heterocycles. The quantitative estimate of drug-likeness (QED) is 0.292. The van der Waals surface area contributed by atoms with E-state index in [1.54, 1.807) is 16.8 Å². The lowest BCUT2D eigenvalue weighted by atomic mass is 9.88. The van der Waals surface area contributed by atoms with Gasteiger partial charge in [-0.1, -0.05) is 66.0 Å². The molecule has 0 aliphatic carbocycles. The van der Waals surface area contributed by atoms with Crippen LogP contribution < -0.4 is 10.2 Å². The molecule has 3 heterocycles. The summed E-state index contributed by atoms with van der Waals surface area (Å²) < 4.78 is 8.34. The van der Waals surface area contributed by atoms with Crippen LogP contribution in [0.4, 0.5) is 0 Å². The minimum Gasteiger partial charge on any atom is -0.482 e. The van der Waals surface area contributed by atoms with Gasteiger partial charge in [0.1, 0.15) is 11.4 Å². The molecule has 1 amide bonds. The van der Waals surface area contributed by atoms with Gasteiger partial charge in [-0.05, 0) is 68.1 Å². The molecule has 4 aromatic rings. The number of rotatable bonds is 4. The Labute approximate surface area is 232 Å². The number of fused-ring (bicyclic) bond motifs is 3. The van der Waals surface area contributed by atoms with Crippen LogP contribution in [-0.2, 0) is 5.60 Å². The van der Waals surface area contributed by atoms with Gasteiger partial charge in [-0.2, -0.15) is 5.10 Å². The van der Waals surface area contributed by atoms with Crippen molar-refractivity contribution < 1.29 is 9.53 Å². The fourth-order valence-electron chi connectivity index (χ4n) is 5.36. The standard InChI is InChI=1S/C30H28Cl2N4O2/c1-30(2)26-27(29(37)34-35-15-7-4-8-16-35)33-36(24-14-12-21(31)18-23(24)32)28(26)22-13-11-20(17-25(22)38-30)19-9-5-3-6-10-19/h3,5-6,9-14,17-18H,4,7-8,15-16H2,1-2H3,(H,34,37). The van der Waals surface area contributed by atoms with Crippen molar-refractivity contribution in [3.05, 3.63) is 88.0 Å². The largest absolute Gasteiger partial charge is 0.482 e. The third-order valence-electron chi connectivity index (χ3n) is 7.17. The number of hydrogen-bond donors (Lipinski definition) is 1. The van der Waals surface area contributed by atoms with Crippen molar-refractivity contribution in [2.45, 2.75) is 38.7 Å². The van der Waals surface area contributed by atoms with Crippen molar-refractivity contribution in [3.8, 4) is 33.8 Å². The number of nitrogens with one attached hydrogen (secondary N) is 1. The maximum atomic E-state index is 13.7. The summed E-state index contributed by atoms with van der Waals surface area (Å²) >= 11 is 12.9. The average Bonchev–Trinajstić information content (AvgIpc) is 3.31. The normalized spacial score (nSPS) is 16.3. The van der Waals surface area contributed by atoms with Gasteiger partial charge < -0.3 is 4.74 Å². The maximum Gasteiger partial charge on any atom is 0.286 e. The first-order valence-corrected chi connectivity index (χ1v) is 13.6. The van der Waals surface area contributed by atoms with E-state index in [-0.39, 0.29) is 5.91 Å². The van der Waals surface area contributed by atoms with Crippen molar-refractivity contribution in [1.29, 1.82) is 0 Å². The van der Waals surface area contributed by atoms with Crippen molar-refractivity contribution in [1.82, 2.24) is 20.2 Å². The summed E-state index contributed by atoms with van der Waals surface area (Å²) in [6, 6.07) is 21.6. The third kappa shape index (κ3) is 4.47. The van der Waals surface area contributed by atoms with Crippen LogP contribution in [0.5, 0.6) is 5.75 Å². The number of carbonyl (C=O) groups excluding carboxylic acids is 1. The molecular weight excluding hydrogens is 519 g/mol.